The number of anilines is 2. The van der Waals surface area contributed by atoms with Crippen LogP contribution in [0.15, 0.2) is 61.2 Å². The number of benzene rings is 2. The van der Waals surface area contributed by atoms with E-state index in [2.05, 4.69) is 24.1 Å². The molecule has 0 radical (unpaired) electrons. The predicted octanol–water partition coefficient (Wildman–Crippen LogP) is 5.65. The standard InChI is InChI=1S/C24H32N2O3/c1-3-5-6-7-8-17-29-22-14-12-20(13-15-22)26-24(27)19-25-21-10-9-11-23(18-21)28-16-4-2/h4,9-15,18,25H,2-3,5-8,16-17,19H2,1H3,(H,26,27). The van der Waals surface area contributed by atoms with Crippen LogP contribution >= 0.6 is 0 Å². The maximum absolute atomic E-state index is 12.2. The van der Waals surface area contributed by atoms with Crippen molar-refractivity contribution in [2.45, 2.75) is 39.0 Å². The van der Waals surface area contributed by atoms with Crippen molar-refractivity contribution in [2.75, 3.05) is 30.4 Å². The molecular formula is C24H32N2O3. The zero-order chi connectivity index (χ0) is 20.7. The molecule has 0 aromatic heterocycles. The van der Waals surface area contributed by atoms with Crippen LogP contribution in [0.4, 0.5) is 11.4 Å². The minimum atomic E-state index is -0.119. The Morgan fingerprint density at radius 3 is 2.52 bits per heavy atom. The molecule has 2 rings (SSSR count). The molecule has 0 saturated carbocycles. The molecule has 0 fully saturated rings. The molecule has 2 N–H and O–H groups in total. The van der Waals surface area contributed by atoms with Crippen molar-refractivity contribution in [2.24, 2.45) is 0 Å². The van der Waals surface area contributed by atoms with Gasteiger partial charge in [0.1, 0.15) is 18.1 Å². The average molecular weight is 397 g/mol. The van der Waals surface area contributed by atoms with E-state index in [0.717, 1.165) is 35.9 Å². The molecule has 0 saturated heterocycles. The molecule has 2 aromatic carbocycles. The highest BCUT2D eigenvalue weighted by Gasteiger charge is 2.04. The third-order valence-electron chi connectivity index (χ3n) is 4.31. The van der Waals surface area contributed by atoms with Crippen LogP contribution in [0.25, 0.3) is 0 Å². The van der Waals surface area contributed by atoms with Crippen LogP contribution in [0.3, 0.4) is 0 Å². The maximum atomic E-state index is 12.2. The fraction of sp³-hybridized carbons (Fsp3) is 0.375. The monoisotopic (exact) mass is 396 g/mol. The first-order valence-electron chi connectivity index (χ1n) is 10.3. The number of amides is 1. The number of nitrogens with one attached hydrogen (secondary N) is 2. The van der Waals surface area contributed by atoms with Crippen LogP contribution in [0.5, 0.6) is 11.5 Å². The largest absolute Gasteiger partial charge is 0.494 e. The predicted molar refractivity (Wildman–Crippen MR) is 120 cm³/mol. The Morgan fingerprint density at radius 2 is 1.76 bits per heavy atom. The number of carbonyl (C=O) groups is 1. The molecule has 0 aliphatic heterocycles. The second-order valence-electron chi connectivity index (χ2n) is 6.82. The average Bonchev–Trinajstić information content (AvgIpc) is 2.75. The first kappa shape index (κ1) is 22.3. The van der Waals surface area contributed by atoms with E-state index in [1.165, 1.54) is 25.7 Å². The summed E-state index contributed by atoms with van der Waals surface area (Å²) in [6.07, 6.45) is 7.78. The third kappa shape index (κ3) is 9.19. The van der Waals surface area contributed by atoms with Crippen LogP contribution < -0.4 is 20.1 Å². The molecule has 2 aromatic rings. The van der Waals surface area contributed by atoms with Crippen LogP contribution in [0, 0.1) is 0 Å². The van der Waals surface area contributed by atoms with Crippen molar-refractivity contribution in [1.29, 1.82) is 0 Å². The lowest BCUT2D eigenvalue weighted by atomic mass is 10.2. The summed E-state index contributed by atoms with van der Waals surface area (Å²) >= 11 is 0. The number of ether oxygens (including phenoxy) is 2. The normalized spacial score (nSPS) is 10.2. The minimum absolute atomic E-state index is 0.119. The fourth-order valence-electron chi connectivity index (χ4n) is 2.77. The molecule has 1 amide bonds. The highest BCUT2D eigenvalue weighted by atomic mass is 16.5. The van der Waals surface area contributed by atoms with Crippen LogP contribution in [0.2, 0.25) is 0 Å². The lowest BCUT2D eigenvalue weighted by molar-refractivity contribution is -0.114. The van der Waals surface area contributed by atoms with Crippen molar-refractivity contribution in [3.05, 3.63) is 61.2 Å². The molecule has 156 valence electrons. The third-order valence-corrected chi connectivity index (χ3v) is 4.31. The van der Waals surface area contributed by atoms with Gasteiger partial charge in [-0.05, 0) is 42.8 Å². The first-order chi connectivity index (χ1) is 14.2. The van der Waals surface area contributed by atoms with E-state index in [0.29, 0.717) is 6.61 Å². The summed E-state index contributed by atoms with van der Waals surface area (Å²) in [4.78, 5) is 12.2. The van der Waals surface area contributed by atoms with Gasteiger partial charge in [0.15, 0.2) is 0 Å². The van der Waals surface area contributed by atoms with Gasteiger partial charge >= 0.3 is 0 Å². The van der Waals surface area contributed by atoms with E-state index in [4.69, 9.17) is 9.47 Å². The number of hydrogen-bond acceptors (Lipinski definition) is 4. The zero-order valence-corrected chi connectivity index (χ0v) is 17.3. The van der Waals surface area contributed by atoms with E-state index in [-0.39, 0.29) is 12.5 Å². The minimum Gasteiger partial charge on any atom is -0.494 e. The Labute approximate surface area is 174 Å². The highest BCUT2D eigenvalue weighted by molar-refractivity contribution is 5.93. The molecule has 29 heavy (non-hydrogen) atoms. The Kier molecular flexibility index (Phi) is 10.2. The van der Waals surface area contributed by atoms with Crippen LogP contribution in [-0.2, 0) is 4.79 Å². The lowest BCUT2D eigenvalue weighted by Crippen LogP contribution is -2.21. The molecule has 0 aliphatic rings. The zero-order valence-electron chi connectivity index (χ0n) is 17.3. The van der Waals surface area contributed by atoms with Gasteiger partial charge in [-0.2, -0.15) is 0 Å². The van der Waals surface area contributed by atoms with Crippen molar-refractivity contribution in [3.8, 4) is 11.5 Å². The molecule has 0 heterocycles. The Bertz CT molecular complexity index is 744. The van der Waals surface area contributed by atoms with Crippen molar-refractivity contribution in [3.63, 3.8) is 0 Å². The topological polar surface area (TPSA) is 59.6 Å². The molecule has 5 heteroatoms. The van der Waals surface area contributed by atoms with Gasteiger partial charge in [0.25, 0.3) is 0 Å². The molecular weight excluding hydrogens is 364 g/mol. The Morgan fingerprint density at radius 1 is 0.966 bits per heavy atom. The van der Waals surface area contributed by atoms with E-state index in [9.17, 15) is 4.79 Å². The SMILES string of the molecule is C=CCOc1cccc(NCC(=O)Nc2ccc(OCCCCCCC)cc2)c1. The van der Waals surface area contributed by atoms with Gasteiger partial charge in [-0.3, -0.25) is 4.79 Å². The summed E-state index contributed by atoms with van der Waals surface area (Å²) in [5, 5.41) is 5.98. The van der Waals surface area contributed by atoms with Gasteiger partial charge in [-0.1, -0.05) is 51.3 Å². The van der Waals surface area contributed by atoms with E-state index >= 15 is 0 Å². The van der Waals surface area contributed by atoms with Gasteiger partial charge < -0.3 is 20.1 Å². The summed E-state index contributed by atoms with van der Waals surface area (Å²) < 4.78 is 11.2. The smallest absolute Gasteiger partial charge is 0.243 e. The van der Waals surface area contributed by atoms with E-state index in [1.54, 1.807) is 6.08 Å². The summed E-state index contributed by atoms with van der Waals surface area (Å²) in [5.74, 6) is 1.44. The summed E-state index contributed by atoms with van der Waals surface area (Å²) in [6, 6.07) is 15.0. The quantitative estimate of drug-likeness (QED) is 0.320. The highest BCUT2D eigenvalue weighted by Crippen LogP contribution is 2.18. The first-order valence-corrected chi connectivity index (χ1v) is 10.3. The fourth-order valence-corrected chi connectivity index (χ4v) is 2.77. The van der Waals surface area contributed by atoms with Gasteiger partial charge in [-0.25, -0.2) is 0 Å². The van der Waals surface area contributed by atoms with Crippen LogP contribution in [0.1, 0.15) is 39.0 Å². The van der Waals surface area contributed by atoms with Gasteiger partial charge in [0, 0.05) is 17.4 Å². The Balaban J connectivity index is 1.70. The van der Waals surface area contributed by atoms with E-state index in [1.807, 2.05) is 48.5 Å². The van der Waals surface area contributed by atoms with Gasteiger partial charge in [-0.15, -0.1) is 0 Å². The molecule has 5 nitrogen and oxygen atoms in total. The summed E-state index contributed by atoms with van der Waals surface area (Å²) in [5.41, 5.74) is 1.57. The second-order valence-corrected chi connectivity index (χ2v) is 6.82. The second kappa shape index (κ2) is 13.3. The number of carbonyl (C=O) groups excluding carboxylic acids is 1. The Hall–Kier alpha value is -2.95. The molecule has 0 bridgehead atoms. The molecule has 0 unspecified atom stereocenters. The lowest BCUT2D eigenvalue weighted by Gasteiger charge is -2.10. The molecule has 0 spiro atoms. The number of unbranched alkanes of at least 4 members (excludes halogenated alkanes) is 4. The summed E-state index contributed by atoms with van der Waals surface area (Å²) in [6.45, 7) is 7.19. The van der Waals surface area contributed by atoms with Gasteiger partial charge in [0.2, 0.25) is 5.91 Å². The summed E-state index contributed by atoms with van der Waals surface area (Å²) in [7, 11) is 0. The maximum Gasteiger partial charge on any atom is 0.243 e. The van der Waals surface area contributed by atoms with Gasteiger partial charge in [0.05, 0.1) is 13.2 Å². The molecule has 0 atom stereocenters. The van der Waals surface area contributed by atoms with E-state index < -0.39 is 0 Å². The molecule has 0 aliphatic carbocycles. The van der Waals surface area contributed by atoms with Crippen molar-refractivity contribution < 1.29 is 14.3 Å². The van der Waals surface area contributed by atoms with Crippen molar-refractivity contribution in [1.82, 2.24) is 0 Å². The number of hydrogen-bond donors (Lipinski definition) is 2. The van der Waals surface area contributed by atoms with Crippen molar-refractivity contribution >= 4 is 17.3 Å². The number of rotatable bonds is 14. The van der Waals surface area contributed by atoms with Crippen LogP contribution in [-0.4, -0.2) is 25.7 Å².